The van der Waals surface area contributed by atoms with Gasteiger partial charge in [-0.1, -0.05) is 11.6 Å². The molecule has 0 fully saturated rings. The van der Waals surface area contributed by atoms with Crippen LogP contribution in [-0.4, -0.2) is 10.3 Å². The smallest absolute Gasteiger partial charge is 0.338 e. The van der Waals surface area contributed by atoms with E-state index in [1.165, 1.54) is 18.2 Å². The lowest BCUT2D eigenvalue weighted by Gasteiger charge is -2.14. The van der Waals surface area contributed by atoms with Crippen LogP contribution in [-0.2, 0) is 0 Å². The normalized spacial score (nSPS) is 11.1. The van der Waals surface area contributed by atoms with E-state index < -0.39 is 3.98 Å². The number of rotatable bonds is 2. The topological polar surface area (TPSA) is 26.3 Å². The first-order valence-corrected chi connectivity index (χ1v) is 4.94. The van der Waals surface area contributed by atoms with Gasteiger partial charge in [0.2, 0.25) is 0 Å². The van der Waals surface area contributed by atoms with E-state index in [-0.39, 0.29) is 10.8 Å². The standard InChI is InChI=1S/C8H4Cl4O2/c9-6-3-5(4-13)1-2-7(6)14-8(10,11)12/h1-4H. The van der Waals surface area contributed by atoms with E-state index in [0.29, 0.717) is 11.8 Å². The largest absolute Gasteiger partial charge is 0.444 e. The van der Waals surface area contributed by atoms with Crippen LogP contribution < -0.4 is 4.74 Å². The Balaban J connectivity index is 2.95. The Morgan fingerprint density at radius 3 is 2.36 bits per heavy atom. The first kappa shape index (κ1) is 11.9. The fraction of sp³-hybridized carbons (Fsp3) is 0.125. The average Bonchev–Trinajstić information content (AvgIpc) is 2.06. The highest BCUT2D eigenvalue weighted by atomic mass is 35.6. The van der Waals surface area contributed by atoms with Gasteiger partial charge in [-0.25, -0.2) is 0 Å². The van der Waals surface area contributed by atoms with Crippen LogP contribution in [0.25, 0.3) is 0 Å². The molecule has 0 radical (unpaired) electrons. The van der Waals surface area contributed by atoms with Gasteiger partial charge in [0, 0.05) is 5.56 Å². The summed E-state index contributed by atoms with van der Waals surface area (Å²) in [6.07, 6.45) is 0.658. The molecule has 2 nitrogen and oxygen atoms in total. The Morgan fingerprint density at radius 2 is 1.93 bits per heavy atom. The summed E-state index contributed by atoms with van der Waals surface area (Å²) in [5, 5.41) is 0.209. The van der Waals surface area contributed by atoms with Crippen LogP contribution in [0.15, 0.2) is 18.2 Å². The molecule has 1 rings (SSSR count). The zero-order valence-electron chi connectivity index (χ0n) is 6.64. The van der Waals surface area contributed by atoms with Crippen LogP contribution in [0.3, 0.4) is 0 Å². The lowest BCUT2D eigenvalue weighted by molar-refractivity contribution is 0.112. The summed E-state index contributed by atoms with van der Waals surface area (Å²) >= 11 is 21.9. The molecule has 0 aliphatic carbocycles. The number of ether oxygens (including phenoxy) is 1. The minimum absolute atomic E-state index is 0.206. The number of hydrogen-bond acceptors (Lipinski definition) is 2. The van der Waals surface area contributed by atoms with Crippen molar-refractivity contribution in [2.45, 2.75) is 3.98 Å². The maximum atomic E-state index is 10.4. The van der Waals surface area contributed by atoms with Crippen molar-refractivity contribution < 1.29 is 9.53 Å². The van der Waals surface area contributed by atoms with Gasteiger partial charge >= 0.3 is 3.98 Å². The molecule has 0 aromatic heterocycles. The van der Waals surface area contributed by atoms with Crippen molar-refractivity contribution in [3.63, 3.8) is 0 Å². The summed E-state index contributed by atoms with van der Waals surface area (Å²) in [5.74, 6) is 0.206. The first-order valence-electron chi connectivity index (χ1n) is 3.43. The lowest BCUT2D eigenvalue weighted by atomic mass is 10.2. The van der Waals surface area contributed by atoms with E-state index in [2.05, 4.69) is 0 Å². The molecular weight excluding hydrogens is 270 g/mol. The third-order valence-electron chi connectivity index (χ3n) is 1.32. The van der Waals surface area contributed by atoms with Crippen molar-refractivity contribution in [1.29, 1.82) is 0 Å². The van der Waals surface area contributed by atoms with Gasteiger partial charge in [-0.2, -0.15) is 0 Å². The number of carbonyl (C=O) groups excluding carboxylic acids is 1. The highest BCUT2D eigenvalue weighted by Gasteiger charge is 2.23. The van der Waals surface area contributed by atoms with Crippen molar-refractivity contribution in [3.05, 3.63) is 28.8 Å². The van der Waals surface area contributed by atoms with Crippen molar-refractivity contribution >= 4 is 52.7 Å². The van der Waals surface area contributed by atoms with E-state index in [1.54, 1.807) is 0 Å². The van der Waals surface area contributed by atoms with Crippen LogP contribution in [0.4, 0.5) is 0 Å². The molecular formula is C8H4Cl4O2. The molecule has 1 aromatic carbocycles. The zero-order chi connectivity index (χ0) is 10.8. The van der Waals surface area contributed by atoms with E-state index in [1.807, 2.05) is 0 Å². The van der Waals surface area contributed by atoms with E-state index in [0.717, 1.165) is 0 Å². The molecule has 0 atom stereocenters. The highest BCUT2D eigenvalue weighted by molar-refractivity contribution is 6.66. The first-order chi connectivity index (χ1) is 6.42. The molecule has 0 bridgehead atoms. The second-order valence-corrected chi connectivity index (χ2v) is 4.94. The predicted molar refractivity (Wildman–Crippen MR) is 57.8 cm³/mol. The van der Waals surface area contributed by atoms with Crippen LogP contribution in [0.5, 0.6) is 5.75 Å². The SMILES string of the molecule is O=Cc1ccc(OC(Cl)(Cl)Cl)c(Cl)c1. The Morgan fingerprint density at radius 1 is 1.29 bits per heavy atom. The molecule has 0 amide bonds. The minimum atomic E-state index is -1.87. The molecule has 1 aromatic rings. The number of carbonyl (C=O) groups is 1. The van der Waals surface area contributed by atoms with Gasteiger partial charge in [0.15, 0.2) is 0 Å². The van der Waals surface area contributed by atoms with Gasteiger partial charge in [-0.15, -0.1) is 0 Å². The Labute approximate surface area is 101 Å². The van der Waals surface area contributed by atoms with Gasteiger partial charge < -0.3 is 4.74 Å². The number of benzene rings is 1. The molecule has 0 aliphatic rings. The van der Waals surface area contributed by atoms with Crippen LogP contribution in [0.1, 0.15) is 10.4 Å². The molecule has 0 unspecified atom stereocenters. The molecule has 0 saturated carbocycles. The highest BCUT2D eigenvalue weighted by Crippen LogP contribution is 2.34. The van der Waals surface area contributed by atoms with E-state index >= 15 is 0 Å². The van der Waals surface area contributed by atoms with Gasteiger partial charge in [0.05, 0.1) is 5.02 Å². The van der Waals surface area contributed by atoms with Gasteiger partial charge in [0.1, 0.15) is 12.0 Å². The Kier molecular flexibility index (Phi) is 3.90. The summed E-state index contributed by atoms with van der Waals surface area (Å²) in [4.78, 5) is 10.4. The minimum Gasteiger partial charge on any atom is -0.444 e. The maximum Gasteiger partial charge on any atom is 0.338 e. The third kappa shape index (κ3) is 3.54. The number of alkyl halides is 3. The fourth-order valence-corrected chi connectivity index (χ4v) is 1.27. The monoisotopic (exact) mass is 272 g/mol. The van der Waals surface area contributed by atoms with Crippen molar-refractivity contribution in [1.82, 2.24) is 0 Å². The molecule has 76 valence electrons. The number of aldehydes is 1. The quantitative estimate of drug-likeness (QED) is 0.604. The van der Waals surface area contributed by atoms with Crippen LogP contribution in [0.2, 0.25) is 5.02 Å². The van der Waals surface area contributed by atoms with Crippen LogP contribution >= 0.6 is 46.4 Å². The fourth-order valence-electron chi connectivity index (χ4n) is 0.798. The second-order valence-electron chi connectivity index (χ2n) is 2.36. The average molecular weight is 274 g/mol. The summed E-state index contributed by atoms with van der Waals surface area (Å²) in [6, 6.07) is 4.37. The molecule has 0 aliphatic heterocycles. The molecule has 0 saturated heterocycles. The van der Waals surface area contributed by atoms with Gasteiger partial charge in [0.25, 0.3) is 0 Å². The van der Waals surface area contributed by atoms with Crippen molar-refractivity contribution in [2.24, 2.45) is 0 Å². The van der Waals surface area contributed by atoms with E-state index in [4.69, 9.17) is 51.1 Å². The van der Waals surface area contributed by atoms with Crippen molar-refractivity contribution in [3.8, 4) is 5.75 Å². The van der Waals surface area contributed by atoms with Crippen LogP contribution in [0, 0.1) is 0 Å². The zero-order valence-corrected chi connectivity index (χ0v) is 9.66. The number of halogens is 4. The molecule has 0 heterocycles. The predicted octanol–water partition coefficient (Wildman–Crippen LogP) is 3.86. The summed E-state index contributed by atoms with van der Waals surface area (Å²) < 4.78 is 3.01. The summed E-state index contributed by atoms with van der Waals surface area (Å²) in [5.41, 5.74) is 0.423. The third-order valence-corrected chi connectivity index (χ3v) is 1.84. The molecule has 14 heavy (non-hydrogen) atoms. The molecule has 0 N–H and O–H groups in total. The second kappa shape index (κ2) is 4.58. The van der Waals surface area contributed by atoms with Crippen molar-refractivity contribution in [2.75, 3.05) is 0 Å². The van der Waals surface area contributed by atoms with Gasteiger partial charge in [-0.3, -0.25) is 4.79 Å². The number of hydrogen-bond donors (Lipinski definition) is 0. The Hall–Kier alpha value is -0.150. The maximum absolute atomic E-state index is 10.4. The lowest BCUT2D eigenvalue weighted by Crippen LogP contribution is -2.12. The van der Waals surface area contributed by atoms with Gasteiger partial charge in [-0.05, 0) is 53.0 Å². The summed E-state index contributed by atoms with van der Waals surface area (Å²) in [7, 11) is 0. The van der Waals surface area contributed by atoms with E-state index in [9.17, 15) is 4.79 Å². The molecule has 0 spiro atoms. The molecule has 6 heteroatoms. The Bertz CT molecular complexity index is 346. The summed E-state index contributed by atoms with van der Waals surface area (Å²) in [6.45, 7) is 0.